The van der Waals surface area contributed by atoms with Gasteiger partial charge in [-0.2, -0.15) is 0 Å². The van der Waals surface area contributed by atoms with Crippen LogP contribution < -0.4 is 18.9 Å². The van der Waals surface area contributed by atoms with Gasteiger partial charge in [-0.3, -0.25) is 0 Å². The van der Waals surface area contributed by atoms with Gasteiger partial charge in [0.1, 0.15) is 5.75 Å². The second-order valence-corrected chi connectivity index (χ2v) is 7.66. The highest BCUT2D eigenvalue weighted by Gasteiger charge is 2.38. The molecular weight excluding hydrogens is 424 g/mol. The number of aromatic hydroxyl groups is 3. The molecule has 176 valence electrons. The van der Waals surface area contributed by atoms with Crippen molar-refractivity contribution in [2.45, 2.75) is 25.2 Å². The quantitative estimate of drug-likeness (QED) is 0.393. The zero-order valence-corrected chi connectivity index (χ0v) is 19.5. The van der Waals surface area contributed by atoms with Crippen LogP contribution in [0.2, 0.25) is 0 Å². The van der Waals surface area contributed by atoms with Crippen molar-refractivity contribution < 1.29 is 34.3 Å². The smallest absolute Gasteiger partial charge is 0.200 e. The van der Waals surface area contributed by atoms with Gasteiger partial charge in [0, 0.05) is 5.41 Å². The monoisotopic (exact) mass is 454 g/mol. The first kappa shape index (κ1) is 23.9. The third-order valence-corrected chi connectivity index (χ3v) is 5.93. The lowest BCUT2D eigenvalue weighted by Gasteiger charge is -2.37. The molecule has 0 amide bonds. The number of phenolic OH excluding ortho intramolecular Hbond substituents is 3. The highest BCUT2D eigenvalue weighted by atomic mass is 16.5. The van der Waals surface area contributed by atoms with Gasteiger partial charge in [-0.15, -0.1) is 0 Å². The van der Waals surface area contributed by atoms with E-state index in [2.05, 4.69) is 6.92 Å². The molecule has 0 bridgehead atoms. The molecule has 0 saturated heterocycles. The van der Waals surface area contributed by atoms with Crippen LogP contribution in [0.3, 0.4) is 0 Å². The highest BCUT2D eigenvalue weighted by Crippen LogP contribution is 2.51. The summed E-state index contributed by atoms with van der Waals surface area (Å²) < 4.78 is 21.8. The third-order valence-electron chi connectivity index (χ3n) is 5.93. The zero-order chi connectivity index (χ0) is 24.2. The fourth-order valence-electron chi connectivity index (χ4n) is 4.33. The van der Waals surface area contributed by atoms with Crippen molar-refractivity contribution in [3.8, 4) is 40.2 Å². The molecule has 0 aromatic heterocycles. The van der Waals surface area contributed by atoms with E-state index in [0.717, 1.165) is 23.1 Å². The summed E-state index contributed by atoms with van der Waals surface area (Å²) in [6.45, 7) is 2.07. The number of rotatable bonds is 9. The van der Waals surface area contributed by atoms with Gasteiger partial charge in [-0.25, -0.2) is 0 Å². The molecule has 0 unspecified atom stereocenters. The van der Waals surface area contributed by atoms with Crippen molar-refractivity contribution in [3.63, 3.8) is 0 Å². The van der Waals surface area contributed by atoms with Crippen molar-refractivity contribution in [1.29, 1.82) is 0 Å². The van der Waals surface area contributed by atoms with Gasteiger partial charge in [0.15, 0.2) is 23.0 Å². The first-order valence-corrected chi connectivity index (χ1v) is 10.6. The Bertz CT molecular complexity index is 995. The van der Waals surface area contributed by atoms with Crippen molar-refractivity contribution in [2.24, 2.45) is 0 Å². The summed E-state index contributed by atoms with van der Waals surface area (Å²) in [4.78, 5) is 0. The van der Waals surface area contributed by atoms with Gasteiger partial charge in [0.2, 0.25) is 11.5 Å². The van der Waals surface area contributed by atoms with E-state index in [0.29, 0.717) is 6.42 Å². The van der Waals surface area contributed by atoms with Gasteiger partial charge in [-0.05, 0) is 59.5 Å². The lowest BCUT2D eigenvalue weighted by molar-refractivity contribution is 0.335. The van der Waals surface area contributed by atoms with Crippen LogP contribution in [0.25, 0.3) is 0 Å². The summed E-state index contributed by atoms with van der Waals surface area (Å²) in [5.41, 5.74) is 1.67. The molecule has 0 saturated carbocycles. The van der Waals surface area contributed by atoms with Crippen LogP contribution in [0, 0.1) is 0 Å². The number of benzene rings is 3. The molecule has 7 heteroatoms. The fourth-order valence-corrected chi connectivity index (χ4v) is 4.33. The van der Waals surface area contributed by atoms with Crippen LogP contribution in [-0.4, -0.2) is 43.8 Å². The molecular formula is C26H30O7. The van der Waals surface area contributed by atoms with Crippen molar-refractivity contribution in [1.82, 2.24) is 0 Å². The molecule has 0 aliphatic carbocycles. The highest BCUT2D eigenvalue weighted by molar-refractivity contribution is 5.63. The number of hydrogen-bond donors (Lipinski definition) is 3. The molecule has 0 aliphatic heterocycles. The van der Waals surface area contributed by atoms with E-state index in [4.69, 9.17) is 18.9 Å². The van der Waals surface area contributed by atoms with E-state index in [1.54, 1.807) is 36.4 Å². The van der Waals surface area contributed by atoms with E-state index in [9.17, 15) is 15.3 Å². The predicted octanol–water partition coefficient (Wildman–Crippen LogP) is 4.97. The summed E-state index contributed by atoms with van der Waals surface area (Å²) >= 11 is 0. The van der Waals surface area contributed by atoms with Crippen LogP contribution >= 0.6 is 0 Å². The Morgan fingerprint density at radius 2 is 0.970 bits per heavy atom. The molecule has 3 aromatic carbocycles. The predicted molar refractivity (Wildman–Crippen MR) is 125 cm³/mol. The Labute approximate surface area is 193 Å². The summed E-state index contributed by atoms with van der Waals surface area (Å²) in [5, 5.41) is 31.0. The Kier molecular flexibility index (Phi) is 7.11. The minimum Gasteiger partial charge on any atom is -0.508 e. The second-order valence-electron chi connectivity index (χ2n) is 7.66. The van der Waals surface area contributed by atoms with Gasteiger partial charge < -0.3 is 34.3 Å². The summed E-state index contributed by atoms with van der Waals surface area (Å²) in [6, 6.07) is 14.0. The summed E-state index contributed by atoms with van der Waals surface area (Å²) in [7, 11) is 5.92. The first-order chi connectivity index (χ1) is 15.9. The Balaban J connectivity index is 2.48. The molecule has 7 nitrogen and oxygen atoms in total. The van der Waals surface area contributed by atoms with Crippen LogP contribution in [-0.2, 0) is 5.41 Å². The molecule has 0 atom stereocenters. The van der Waals surface area contributed by atoms with Crippen molar-refractivity contribution in [3.05, 3.63) is 65.2 Å². The van der Waals surface area contributed by atoms with Gasteiger partial charge >= 0.3 is 0 Å². The largest absolute Gasteiger partial charge is 0.508 e. The maximum absolute atomic E-state index is 10.5. The van der Waals surface area contributed by atoms with Crippen LogP contribution in [0.4, 0.5) is 0 Å². The van der Waals surface area contributed by atoms with Gasteiger partial charge in [0.05, 0.1) is 28.4 Å². The maximum Gasteiger partial charge on any atom is 0.200 e. The maximum atomic E-state index is 10.5. The SMILES string of the molecule is CCCC(c1ccc(O)cc1)(c1cc(OC)c(O)c(OC)c1)c1cc(OC)c(O)c(OC)c1. The van der Waals surface area contributed by atoms with E-state index in [1.165, 1.54) is 28.4 Å². The molecule has 0 fully saturated rings. The minimum atomic E-state index is -0.787. The number of ether oxygens (including phenoxy) is 4. The average molecular weight is 455 g/mol. The lowest BCUT2D eigenvalue weighted by atomic mass is 9.66. The van der Waals surface area contributed by atoms with Crippen molar-refractivity contribution >= 4 is 0 Å². The molecule has 33 heavy (non-hydrogen) atoms. The van der Waals surface area contributed by atoms with E-state index >= 15 is 0 Å². The molecule has 0 aliphatic rings. The molecule has 0 heterocycles. The molecule has 0 spiro atoms. The minimum absolute atomic E-state index is 0.0966. The summed E-state index contributed by atoms with van der Waals surface area (Å²) in [5.74, 6) is 1.01. The number of methoxy groups -OCH3 is 4. The molecule has 3 aromatic rings. The van der Waals surface area contributed by atoms with Gasteiger partial charge in [-0.1, -0.05) is 25.5 Å². The van der Waals surface area contributed by atoms with Crippen molar-refractivity contribution in [2.75, 3.05) is 28.4 Å². The number of hydrogen-bond acceptors (Lipinski definition) is 7. The Morgan fingerprint density at radius 1 is 0.606 bits per heavy atom. The Morgan fingerprint density at radius 3 is 1.27 bits per heavy atom. The average Bonchev–Trinajstić information content (AvgIpc) is 2.83. The fraction of sp³-hybridized carbons (Fsp3) is 0.308. The Hall–Kier alpha value is -3.74. The van der Waals surface area contributed by atoms with Gasteiger partial charge in [0.25, 0.3) is 0 Å². The van der Waals surface area contributed by atoms with E-state index < -0.39 is 5.41 Å². The molecule has 3 N–H and O–H groups in total. The van der Waals surface area contributed by atoms with Crippen LogP contribution in [0.15, 0.2) is 48.5 Å². The third kappa shape index (κ3) is 4.18. The van der Waals surface area contributed by atoms with E-state index in [-0.39, 0.29) is 40.2 Å². The zero-order valence-electron chi connectivity index (χ0n) is 19.5. The lowest BCUT2D eigenvalue weighted by Crippen LogP contribution is -2.29. The van der Waals surface area contributed by atoms with Crippen LogP contribution in [0.1, 0.15) is 36.5 Å². The topological polar surface area (TPSA) is 97.6 Å². The normalized spacial score (nSPS) is 11.2. The summed E-state index contributed by atoms with van der Waals surface area (Å²) in [6.07, 6.45) is 1.43. The van der Waals surface area contributed by atoms with Crippen LogP contribution in [0.5, 0.6) is 40.2 Å². The standard InChI is InChI=1S/C26H30O7/c1-6-11-26(16-7-9-19(27)10-8-16,17-12-20(30-2)24(28)21(13-17)31-3)18-14-22(32-4)25(29)23(15-18)33-5/h7-10,12-15,27-29H,6,11H2,1-5H3. The van der Waals surface area contributed by atoms with E-state index in [1.807, 2.05) is 12.1 Å². The molecule has 3 rings (SSSR count). The number of phenols is 3. The first-order valence-electron chi connectivity index (χ1n) is 10.6. The second kappa shape index (κ2) is 9.81. The molecule has 0 radical (unpaired) electrons.